The van der Waals surface area contributed by atoms with E-state index in [1.807, 2.05) is 4.90 Å². The van der Waals surface area contributed by atoms with Gasteiger partial charge in [-0.25, -0.2) is 4.39 Å². The van der Waals surface area contributed by atoms with Crippen molar-refractivity contribution in [3.8, 4) is 0 Å². The third kappa shape index (κ3) is 5.37. The fraction of sp³-hybridized carbons (Fsp3) is 0.609. The Bertz CT molecular complexity index is 767. The highest BCUT2D eigenvalue weighted by atomic mass is 19.1. The second-order valence-corrected chi connectivity index (χ2v) is 8.31. The standard InChI is InChI=1S/C23H31FN2O4/c1-2-30-22(29)23(16-18-8-10-19(24)11-9-18)12-5-15-26(17-23)21(28)7-4-14-25-13-3-6-20(25)27/h8-11H,2-7,12-17H2,1H3/t23-/m0/s1. The monoisotopic (exact) mass is 418 g/mol. The molecule has 0 unspecified atom stereocenters. The lowest BCUT2D eigenvalue weighted by Gasteiger charge is -2.41. The van der Waals surface area contributed by atoms with Crippen LogP contribution in [-0.2, 0) is 25.5 Å². The molecular weight excluding hydrogens is 387 g/mol. The summed E-state index contributed by atoms with van der Waals surface area (Å²) in [5.41, 5.74) is 0.0402. The Morgan fingerprint density at radius 1 is 1.17 bits per heavy atom. The average Bonchev–Trinajstić information content (AvgIpc) is 3.15. The predicted molar refractivity (Wildman–Crippen MR) is 110 cm³/mol. The number of amides is 2. The van der Waals surface area contributed by atoms with E-state index in [1.165, 1.54) is 12.1 Å². The summed E-state index contributed by atoms with van der Waals surface area (Å²) in [6, 6.07) is 6.15. The van der Waals surface area contributed by atoms with Gasteiger partial charge >= 0.3 is 5.97 Å². The molecule has 2 aliphatic heterocycles. The highest BCUT2D eigenvalue weighted by Crippen LogP contribution is 2.36. The van der Waals surface area contributed by atoms with Crippen molar-refractivity contribution < 1.29 is 23.5 Å². The third-order valence-corrected chi connectivity index (χ3v) is 6.08. The van der Waals surface area contributed by atoms with Crippen LogP contribution in [-0.4, -0.2) is 60.4 Å². The van der Waals surface area contributed by atoms with Gasteiger partial charge in [-0.1, -0.05) is 12.1 Å². The summed E-state index contributed by atoms with van der Waals surface area (Å²) in [4.78, 5) is 41.0. The van der Waals surface area contributed by atoms with Crippen LogP contribution in [0.1, 0.15) is 51.0 Å². The first kappa shape index (κ1) is 22.2. The Kier molecular flexibility index (Phi) is 7.45. The van der Waals surface area contributed by atoms with Crippen molar-refractivity contribution in [2.75, 3.05) is 32.8 Å². The number of halogens is 1. The van der Waals surface area contributed by atoms with Gasteiger partial charge in [-0.3, -0.25) is 14.4 Å². The maximum absolute atomic E-state index is 13.3. The van der Waals surface area contributed by atoms with Gasteiger partial charge in [0, 0.05) is 39.0 Å². The molecule has 3 rings (SSSR count). The molecular formula is C23H31FN2O4. The van der Waals surface area contributed by atoms with Crippen molar-refractivity contribution in [1.29, 1.82) is 0 Å². The van der Waals surface area contributed by atoms with Crippen LogP contribution < -0.4 is 0 Å². The van der Waals surface area contributed by atoms with Crippen LogP contribution in [0.3, 0.4) is 0 Å². The Labute approximate surface area is 177 Å². The van der Waals surface area contributed by atoms with E-state index in [4.69, 9.17) is 4.74 Å². The molecule has 1 aromatic rings. The van der Waals surface area contributed by atoms with E-state index in [9.17, 15) is 18.8 Å². The van der Waals surface area contributed by atoms with Gasteiger partial charge in [0.05, 0.1) is 12.0 Å². The summed E-state index contributed by atoms with van der Waals surface area (Å²) >= 11 is 0. The molecule has 0 saturated carbocycles. The van der Waals surface area contributed by atoms with Crippen molar-refractivity contribution in [3.63, 3.8) is 0 Å². The number of carbonyl (C=O) groups excluding carboxylic acids is 3. The lowest BCUT2D eigenvalue weighted by Crippen LogP contribution is -2.51. The molecule has 6 nitrogen and oxygen atoms in total. The van der Waals surface area contributed by atoms with Gasteiger partial charge in [0.15, 0.2) is 0 Å². The lowest BCUT2D eigenvalue weighted by molar-refractivity contribution is -0.161. The summed E-state index contributed by atoms with van der Waals surface area (Å²) < 4.78 is 18.7. The number of nitrogens with zero attached hydrogens (tertiary/aromatic N) is 2. The smallest absolute Gasteiger partial charge is 0.314 e. The normalized spacial score (nSPS) is 21.7. The van der Waals surface area contributed by atoms with Gasteiger partial charge < -0.3 is 14.5 Å². The van der Waals surface area contributed by atoms with Crippen LogP contribution in [0.2, 0.25) is 0 Å². The fourth-order valence-electron chi connectivity index (χ4n) is 4.52. The zero-order valence-electron chi connectivity index (χ0n) is 17.7. The zero-order chi connectivity index (χ0) is 21.6. The minimum absolute atomic E-state index is 0.00845. The van der Waals surface area contributed by atoms with E-state index in [0.29, 0.717) is 51.7 Å². The second-order valence-electron chi connectivity index (χ2n) is 8.31. The minimum atomic E-state index is -0.813. The van der Waals surface area contributed by atoms with Crippen molar-refractivity contribution in [2.45, 2.75) is 51.9 Å². The second kappa shape index (κ2) is 10.0. The van der Waals surface area contributed by atoms with Gasteiger partial charge in [-0.2, -0.15) is 0 Å². The predicted octanol–water partition coefficient (Wildman–Crippen LogP) is 2.94. The van der Waals surface area contributed by atoms with Gasteiger partial charge in [0.25, 0.3) is 0 Å². The van der Waals surface area contributed by atoms with E-state index in [-0.39, 0.29) is 30.2 Å². The largest absolute Gasteiger partial charge is 0.466 e. The Balaban J connectivity index is 1.64. The van der Waals surface area contributed by atoms with E-state index in [0.717, 1.165) is 24.9 Å². The topological polar surface area (TPSA) is 66.9 Å². The first-order valence-corrected chi connectivity index (χ1v) is 10.9. The highest BCUT2D eigenvalue weighted by molar-refractivity contribution is 5.81. The molecule has 2 saturated heterocycles. The number of benzene rings is 1. The van der Waals surface area contributed by atoms with E-state index < -0.39 is 5.41 Å². The number of hydrogen-bond donors (Lipinski definition) is 0. The van der Waals surface area contributed by atoms with Gasteiger partial charge in [0.1, 0.15) is 5.82 Å². The molecule has 2 aliphatic rings. The Hall–Kier alpha value is -2.44. The van der Waals surface area contributed by atoms with Gasteiger partial charge in [0.2, 0.25) is 11.8 Å². The number of likely N-dealkylation sites (tertiary alicyclic amines) is 2. The van der Waals surface area contributed by atoms with Crippen LogP contribution >= 0.6 is 0 Å². The number of piperidine rings is 1. The maximum atomic E-state index is 13.3. The van der Waals surface area contributed by atoms with E-state index >= 15 is 0 Å². The van der Waals surface area contributed by atoms with Gasteiger partial charge in [-0.05, 0) is 56.7 Å². The molecule has 2 heterocycles. The molecule has 0 aromatic heterocycles. The molecule has 0 spiro atoms. The quantitative estimate of drug-likeness (QED) is 0.609. The van der Waals surface area contributed by atoms with Crippen LogP contribution in [0.25, 0.3) is 0 Å². The molecule has 2 amide bonds. The van der Waals surface area contributed by atoms with Crippen molar-refractivity contribution in [2.24, 2.45) is 5.41 Å². The molecule has 0 N–H and O–H groups in total. The fourth-order valence-corrected chi connectivity index (χ4v) is 4.52. The average molecular weight is 419 g/mol. The number of hydrogen-bond acceptors (Lipinski definition) is 4. The summed E-state index contributed by atoms with van der Waals surface area (Å²) in [5, 5.41) is 0. The maximum Gasteiger partial charge on any atom is 0.314 e. The molecule has 0 bridgehead atoms. The zero-order valence-corrected chi connectivity index (χ0v) is 17.7. The molecule has 1 aromatic carbocycles. The highest BCUT2D eigenvalue weighted by Gasteiger charge is 2.44. The lowest BCUT2D eigenvalue weighted by atomic mass is 9.75. The number of carbonyl (C=O) groups is 3. The third-order valence-electron chi connectivity index (χ3n) is 6.08. The first-order chi connectivity index (χ1) is 14.4. The summed E-state index contributed by atoms with van der Waals surface area (Å²) in [6.45, 7) is 4.37. The van der Waals surface area contributed by atoms with Crippen molar-refractivity contribution in [1.82, 2.24) is 9.80 Å². The van der Waals surface area contributed by atoms with Crippen LogP contribution in [0, 0.1) is 11.2 Å². The molecule has 0 radical (unpaired) electrons. The van der Waals surface area contributed by atoms with Crippen LogP contribution in [0.15, 0.2) is 24.3 Å². The summed E-state index contributed by atoms with van der Waals surface area (Å²) in [5.74, 6) is -0.439. The van der Waals surface area contributed by atoms with Crippen molar-refractivity contribution >= 4 is 17.8 Å². The Morgan fingerprint density at radius 2 is 1.93 bits per heavy atom. The number of rotatable bonds is 8. The number of esters is 1. The van der Waals surface area contributed by atoms with Gasteiger partial charge in [-0.15, -0.1) is 0 Å². The van der Waals surface area contributed by atoms with Crippen LogP contribution in [0.5, 0.6) is 0 Å². The summed E-state index contributed by atoms with van der Waals surface area (Å²) in [7, 11) is 0. The Morgan fingerprint density at radius 3 is 2.60 bits per heavy atom. The van der Waals surface area contributed by atoms with Crippen LogP contribution in [0.4, 0.5) is 4.39 Å². The molecule has 1 atom stereocenters. The van der Waals surface area contributed by atoms with E-state index in [1.54, 1.807) is 24.0 Å². The molecule has 0 aliphatic carbocycles. The minimum Gasteiger partial charge on any atom is -0.466 e. The molecule has 30 heavy (non-hydrogen) atoms. The van der Waals surface area contributed by atoms with E-state index in [2.05, 4.69) is 0 Å². The number of ether oxygens (including phenoxy) is 1. The molecule has 7 heteroatoms. The SMILES string of the molecule is CCOC(=O)[C@]1(Cc2ccc(F)cc2)CCCN(C(=O)CCCN2CCCC2=O)C1. The summed E-state index contributed by atoms with van der Waals surface area (Å²) in [6.07, 6.45) is 4.25. The first-order valence-electron chi connectivity index (χ1n) is 10.9. The molecule has 2 fully saturated rings. The van der Waals surface area contributed by atoms with Crippen molar-refractivity contribution in [3.05, 3.63) is 35.6 Å². The molecule has 164 valence electrons.